The number of sulfonamides is 1. The van der Waals surface area contributed by atoms with Crippen molar-refractivity contribution in [2.75, 3.05) is 10.5 Å². The van der Waals surface area contributed by atoms with Crippen LogP contribution in [0.5, 0.6) is 0 Å². The van der Waals surface area contributed by atoms with Crippen molar-refractivity contribution in [2.24, 2.45) is 0 Å². The summed E-state index contributed by atoms with van der Waals surface area (Å²) in [6.07, 6.45) is 0. The zero-order valence-electron chi connectivity index (χ0n) is 9.90. The van der Waals surface area contributed by atoms with Gasteiger partial charge in [-0.2, -0.15) is 0 Å². The first-order valence-corrected chi connectivity index (χ1v) is 9.06. The molecule has 8 heteroatoms. The van der Waals surface area contributed by atoms with Gasteiger partial charge in [0.2, 0.25) is 0 Å². The molecule has 0 saturated carbocycles. The van der Waals surface area contributed by atoms with Gasteiger partial charge in [-0.15, -0.1) is 0 Å². The molecule has 106 valence electrons. The SMILES string of the molecule is Nc1ccc(Br)c(S(=O)(=O)Nc2ccc(I)cc2Cl)c1. The summed E-state index contributed by atoms with van der Waals surface area (Å²) >= 11 is 11.3. The Hall–Kier alpha value is -0.510. The van der Waals surface area contributed by atoms with Gasteiger partial charge in [-0.1, -0.05) is 11.6 Å². The molecule has 0 radical (unpaired) electrons. The van der Waals surface area contributed by atoms with E-state index in [1.807, 2.05) is 0 Å². The first-order chi connectivity index (χ1) is 9.29. The van der Waals surface area contributed by atoms with E-state index in [9.17, 15) is 8.42 Å². The second-order valence-corrected chi connectivity index (χ2v) is 8.08. The average Bonchev–Trinajstić information content (AvgIpc) is 2.35. The molecule has 20 heavy (non-hydrogen) atoms. The third-order valence-electron chi connectivity index (χ3n) is 2.42. The summed E-state index contributed by atoms with van der Waals surface area (Å²) in [5.74, 6) is 0. The molecule has 0 saturated heterocycles. The van der Waals surface area contributed by atoms with Gasteiger partial charge in [-0.3, -0.25) is 4.72 Å². The van der Waals surface area contributed by atoms with Crippen molar-refractivity contribution in [3.8, 4) is 0 Å². The lowest BCUT2D eigenvalue weighted by atomic mass is 10.3. The Morgan fingerprint density at radius 2 is 1.90 bits per heavy atom. The van der Waals surface area contributed by atoms with E-state index < -0.39 is 10.0 Å². The van der Waals surface area contributed by atoms with Crippen LogP contribution in [-0.4, -0.2) is 8.42 Å². The average molecular weight is 488 g/mol. The Bertz CT molecular complexity index is 768. The van der Waals surface area contributed by atoms with E-state index in [0.29, 0.717) is 20.9 Å². The van der Waals surface area contributed by atoms with Crippen LogP contribution in [0.2, 0.25) is 5.02 Å². The minimum Gasteiger partial charge on any atom is -0.399 e. The molecule has 0 aliphatic heterocycles. The number of hydrogen-bond acceptors (Lipinski definition) is 3. The number of hydrogen-bond donors (Lipinski definition) is 2. The Labute approximate surface area is 144 Å². The van der Waals surface area contributed by atoms with Gasteiger partial charge in [0.1, 0.15) is 4.90 Å². The molecule has 0 aliphatic carbocycles. The maximum absolute atomic E-state index is 12.4. The fourth-order valence-corrected chi connectivity index (χ4v) is 4.54. The van der Waals surface area contributed by atoms with E-state index in [-0.39, 0.29) is 4.90 Å². The van der Waals surface area contributed by atoms with Crippen LogP contribution in [0.15, 0.2) is 45.8 Å². The van der Waals surface area contributed by atoms with Gasteiger partial charge in [0, 0.05) is 13.7 Å². The van der Waals surface area contributed by atoms with E-state index in [2.05, 4.69) is 43.2 Å². The monoisotopic (exact) mass is 486 g/mol. The highest BCUT2D eigenvalue weighted by molar-refractivity contribution is 14.1. The zero-order chi connectivity index (χ0) is 14.9. The van der Waals surface area contributed by atoms with Crippen molar-refractivity contribution in [3.63, 3.8) is 0 Å². The minimum absolute atomic E-state index is 0.0621. The van der Waals surface area contributed by atoms with E-state index in [1.54, 1.807) is 30.3 Å². The van der Waals surface area contributed by atoms with Gasteiger partial charge < -0.3 is 5.73 Å². The molecule has 4 nitrogen and oxygen atoms in total. The number of nitrogens with one attached hydrogen (secondary N) is 1. The van der Waals surface area contributed by atoms with Gasteiger partial charge in [0.25, 0.3) is 10.0 Å². The van der Waals surface area contributed by atoms with Gasteiger partial charge >= 0.3 is 0 Å². The molecular formula is C12H9BrClIN2O2S. The van der Waals surface area contributed by atoms with Crippen LogP contribution in [0.1, 0.15) is 0 Å². The van der Waals surface area contributed by atoms with Crippen LogP contribution in [0.25, 0.3) is 0 Å². The molecular weight excluding hydrogens is 478 g/mol. The van der Waals surface area contributed by atoms with E-state index in [0.717, 1.165) is 3.57 Å². The number of nitrogen functional groups attached to an aromatic ring is 1. The minimum atomic E-state index is -3.77. The summed E-state index contributed by atoms with van der Waals surface area (Å²) in [6, 6.07) is 9.63. The number of rotatable bonds is 3. The summed E-state index contributed by atoms with van der Waals surface area (Å²) in [4.78, 5) is 0.0621. The normalized spacial score (nSPS) is 11.3. The molecule has 0 spiro atoms. The first kappa shape index (κ1) is 15.9. The molecule has 0 fully saturated rings. The van der Waals surface area contributed by atoms with Crippen LogP contribution in [0, 0.1) is 3.57 Å². The summed E-state index contributed by atoms with van der Waals surface area (Å²) < 4.78 is 28.5. The number of benzene rings is 2. The molecule has 2 rings (SSSR count). The molecule has 0 unspecified atom stereocenters. The maximum Gasteiger partial charge on any atom is 0.263 e. The van der Waals surface area contributed by atoms with E-state index in [1.165, 1.54) is 6.07 Å². The van der Waals surface area contributed by atoms with Crippen LogP contribution in [-0.2, 0) is 10.0 Å². The van der Waals surface area contributed by atoms with Gasteiger partial charge in [-0.05, 0) is 74.9 Å². The predicted molar refractivity (Wildman–Crippen MR) is 93.5 cm³/mol. The van der Waals surface area contributed by atoms with Crippen molar-refractivity contribution in [2.45, 2.75) is 4.90 Å². The Kier molecular flexibility index (Phi) is 4.83. The van der Waals surface area contributed by atoms with E-state index >= 15 is 0 Å². The summed E-state index contributed by atoms with van der Waals surface area (Å²) in [7, 11) is -3.77. The third-order valence-corrected chi connectivity index (χ3v) is 5.76. The van der Waals surface area contributed by atoms with Crippen molar-refractivity contribution >= 4 is 71.5 Å². The fraction of sp³-hybridized carbons (Fsp3) is 0. The molecule has 0 amide bonds. The Balaban J connectivity index is 2.43. The van der Waals surface area contributed by atoms with Gasteiger partial charge in [-0.25, -0.2) is 8.42 Å². The van der Waals surface area contributed by atoms with Crippen molar-refractivity contribution < 1.29 is 8.42 Å². The van der Waals surface area contributed by atoms with Crippen molar-refractivity contribution in [3.05, 3.63) is 49.5 Å². The molecule has 0 aromatic heterocycles. The second kappa shape index (κ2) is 6.08. The molecule has 2 aromatic carbocycles. The van der Waals surface area contributed by atoms with Crippen molar-refractivity contribution in [1.82, 2.24) is 0 Å². The highest BCUT2D eigenvalue weighted by Crippen LogP contribution is 2.29. The zero-order valence-corrected chi connectivity index (χ0v) is 15.2. The number of nitrogens with two attached hydrogens (primary N) is 1. The smallest absolute Gasteiger partial charge is 0.263 e. The van der Waals surface area contributed by atoms with E-state index in [4.69, 9.17) is 17.3 Å². The summed E-state index contributed by atoms with van der Waals surface area (Å²) in [5.41, 5.74) is 6.31. The largest absolute Gasteiger partial charge is 0.399 e. The highest BCUT2D eigenvalue weighted by Gasteiger charge is 2.19. The fourth-order valence-electron chi connectivity index (χ4n) is 1.50. The lowest BCUT2D eigenvalue weighted by Crippen LogP contribution is -2.14. The van der Waals surface area contributed by atoms with Gasteiger partial charge in [0.15, 0.2) is 0 Å². The molecule has 0 bridgehead atoms. The Morgan fingerprint density at radius 1 is 1.20 bits per heavy atom. The molecule has 3 N–H and O–H groups in total. The maximum atomic E-state index is 12.4. The lowest BCUT2D eigenvalue weighted by molar-refractivity contribution is 0.601. The van der Waals surface area contributed by atoms with Gasteiger partial charge in [0.05, 0.1) is 10.7 Å². The standard InChI is InChI=1S/C12H9BrClIN2O2S/c13-9-3-2-8(16)6-12(9)20(18,19)17-11-4-1-7(15)5-10(11)14/h1-6,17H,16H2. The second-order valence-electron chi connectivity index (χ2n) is 3.92. The topological polar surface area (TPSA) is 72.2 Å². The predicted octanol–water partition coefficient (Wildman–Crippen LogP) is 4.09. The van der Waals surface area contributed by atoms with Crippen LogP contribution in [0.3, 0.4) is 0 Å². The molecule has 0 atom stereocenters. The summed E-state index contributed by atoms with van der Waals surface area (Å²) in [6.45, 7) is 0. The van der Waals surface area contributed by atoms with Crippen molar-refractivity contribution in [1.29, 1.82) is 0 Å². The molecule has 0 heterocycles. The summed E-state index contributed by atoms with van der Waals surface area (Å²) in [5, 5.41) is 0.334. The lowest BCUT2D eigenvalue weighted by Gasteiger charge is -2.11. The first-order valence-electron chi connectivity index (χ1n) is 5.32. The Morgan fingerprint density at radius 3 is 2.55 bits per heavy atom. The van der Waals surface area contributed by atoms with Crippen LogP contribution in [0.4, 0.5) is 11.4 Å². The quantitative estimate of drug-likeness (QED) is 0.506. The highest BCUT2D eigenvalue weighted by atomic mass is 127. The number of anilines is 2. The molecule has 2 aromatic rings. The number of halogens is 3. The molecule has 0 aliphatic rings. The van der Waals surface area contributed by atoms with Crippen LogP contribution < -0.4 is 10.5 Å². The van der Waals surface area contributed by atoms with Crippen LogP contribution >= 0.6 is 50.1 Å². The third kappa shape index (κ3) is 3.57.